The molecule has 1 aromatic heterocycles. The smallest absolute Gasteiger partial charge is 0.211 e. The molecule has 0 aliphatic rings. The van der Waals surface area contributed by atoms with Crippen molar-refractivity contribution in [1.82, 2.24) is 14.8 Å². The van der Waals surface area contributed by atoms with Crippen molar-refractivity contribution in [3.05, 3.63) is 89.2 Å². The van der Waals surface area contributed by atoms with Crippen LogP contribution >= 0.6 is 0 Å². The number of rotatable bonds is 3. The highest BCUT2D eigenvalue weighted by atomic mass is 15.4. The van der Waals surface area contributed by atoms with Crippen LogP contribution in [0.4, 0.5) is 0 Å². The fourth-order valence-corrected chi connectivity index (χ4v) is 3.48. The fraction of sp³-hybridized carbons (Fsp3) is 0.125. The topological polar surface area (TPSA) is 54.5 Å². The summed E-state index contributed by atoms with van der Waals surface area (Å²) < 4.78 is 1.81. The van der Waals surface area contributed by atoms with Gasteiger partial charge in [0, 0.05) is 11.1 Å². The maximum Gasteiger partial charge on any atom is 0.253 e. The molecule has 0 aliphatic carbocycles. The normalized spacial score (nSPS) is 10.6. The van der Waals surface area contributed by atoms with Crippen molar-refractivity contribution < 1.29 is 0 Å². The zero-order valence-corrected chi connectivity index (χ0v) is 16.1. The first kappa shape index (κ1) is 17.7. The van der Waals surface area contributed by atoms with Crippen LogP contribution in [-0.2, 0) is 0 Å². The quantitative estimate of drug-likeness (QED) is 0.489. The molecule has 4 nitrogen and oxygen atoms in total. The van der Waals surface area contributed by atoms with Crippen LogP contribution in [0, 0.1) is 32.1 Å². The van der Waals surface area contributed by atoms with E-state index < -0.39 is 0 Å². The van der Waals surface area contributed by atoms with Gasteiger partial charge in [-0.1, -0.05) is 71.8 Å². The van der Waals surface area contributed by atoms with Gasteiger partial charge in [-0.3, -0.25) is 0 Å². The Hall–Kier alpha value is -3.71. The molecule has 4 rings (SSSR count). The Morgan fingerprint density at radius 2 is 1.54 bits per heavy atom. The highest BCUT2D eigenvalue weighted by molar-refractivity contribution is 5.77. The van der Waals surface area contributed by atoms with Crippen LogP contribution < -0.4 is 0 Å². The molecule has 0 atom stereocenters. The van der Waals surface area contributed by atoms with Crippen molar-refractivity contribution in [3.8, 4) is 34.3 Å². The zero-order valence-electron chi connectivity index (χ0n) is 16.1. The lowest BCUT2D eigenvalue weighted by atomic mass is 9.97. The number of benzene rings is 3. The Kier molecular flexibility index (Phi) is 4.50. The molecule has 1 heterocycles. The van der Waals surface area contributed by atoms with E-state index in [1.54, 1.807) is 4.68 Å². The van der Waals surface area contributed by atoms with Crippen molar-refractivity contribution in [1.29, 1.82) is 5.26 Å². The molecule has 3 aromatic carbocycles. The van der Waals surface area contributed by atoms with Crippen LogP contribution in [0.1, 0.15) is 22.5 Å². The number of hydrogen-bond donors (Lipinski definition) is 0. The van der Waals surface area contributed by atoms with Crippen LogP contribution in [-0.4, -0.2) is 14.8 Å². The molecule has 0 N–H and O–H groups in total. The van der Waals surface area contributed by atoms with Gasteiger partial charge >= 0.3 is 0 Å². The van der Waals surface area contributed by atoms with Gasteiger partial charge in [-0.05, 0) is 38.0 Å². The van der Waals surface area contributed by atoms with Crippen molar-refractivity contribution in [2.24, 2.45) is 0 Å². The summed E-state index contributed by atoms with van der Waals surface area (Å²) in [5, 5.41) is 13.9. The molecule has 0 unspecified atom stereocenters. The summed E-state index contributed by atoms with van der Waals surface area (Å²) in [7, 11) is 0. The maximum absolute atomic E-state index is 9.42. The second-order valence-electron chi connectivity index (χ2n) is 6.99. The SMILES string of the molecule is Cc1ccc(-c2nc(C#N)nn2-c2c(C)cc(C)cc2-c2ccccc2)cc1. The molecule has 0 saturated carbocycles. The largest absolute Gasteiger partial charge is 0.253 e. The van der Waals surface area contributed by atoms with Gasteiger partial charge in [0.05, 0.1) is 5.69 Å². The molecule has 4 aromatic rings. The predicted molar refractivity (Wildman–Crippen MR) is 111 cm³/mol. The summed E-state index contributed by atoms with van der Waals surface area (Å²) in [6, 6.07) is 24.7. The minimum atomic E-state index is 0.162. The first-order valence-corrected chi connectivity index (χ1v) is 9.18. The Labute approximate surface area is 164 Å². The number of hydrogen-bond acceptors (Lipinski definition) is 3. The monoisotopic (exact) mass is 364 g/mol. The minimum absolute atomic E-state index is 0.162. The lowest BCUT2D eigenvalue weighted by molar-refractivity contribution is 0.873. The molecule has 0 amide bonds. The van der Waals surface area contributed by atoms with E-state index in [0.717, 1.165) is 27.9 Å². The van der Waals surface area contributed by atoms with E-state index in [-0.39, 0.29) is 5.82 Å². The van der Waals surface area contributed by atoms with Crippen LogP contribution in [0.2, 0.25) is 0 Å². The first-order chi connectivity index (χ1) is 13.6. The predicted octanol–water partition coefficient (Wildman–Crippen LogP) is 5.40. The van der Waals surface area contributed by atoms with E-state index in [4.69, 9.17) is 0 Å². The fourth-order valence-electron chi connectivity index (χ4n) is 3.48. The van der Waals surface area contributed by atoms with Crippen LogP contribution in [0.5, 0.6) is 0 Å². The van der Waals surface area contributed by atoms with Gasteiger partial charge in [0.2, 0.25) is 0 Å². The third-order valence-electron chi connectivity index (χ3n) is 4.76. The van der Waals surface area contributed by atoms with Crippen LogP contribution in [0.3, 0.4) is 0 Å². The Bertz CT molecular complexity index is 1180. The van der Waals surface area contributed by atoms with Gasteiger partial charge in [0.15, 0.2) is 5.82 Å². The van der Waals surface area contributed by atoms with E-state index >= 15 is 0 Å². The van der Waals surface area contributed by atoms with Gasteiger partial charge < -0.3 is 0 Å². The second kappa shape index (κ2) is 7.13. The van der Waals surface area contributed by atoms with Crippen molar-refractivity contribution in [2.75, 3.05) is 0 Å². The van der Waals surface area contributed by atoms with Gasteiger partial charge in [0.1, 0.15) is 6.07 Å². The highest BCUT2D eigenvalue weighted by Crippen LogP contribution is 2.33. The van der Waals surface area contributed by atoms with Crippen LogP contribution in [0.25, 0.3) is 28.2 Å². The molecule has 0 aliphatic heterocycles. The Morgan fingerprint density at radius 3 is 2.21 bits per heavy atom. The molecular formula is C24H20N4. The van der Waals surface area contributed by atoms with E-state index in [1.165, 1.54) is 11.1 Å². The molecule has 4 heteroatoms. The molecule has 136 valence electrons. The maximum atomic E-state index is 9.42. The lowest BCUT2D eigenvalue weighted by Gasteiger charge is -2.16. The van der Waals surface area contributed by atoms with E-state index in [1.807, 2.05) is 49.4 Å². The summed E-state index contributed by atoms with van der Waals surface area (Å²) in [5.74, 6) is 0.829. The number of aromatic nitrogens is 3. The number of nitrogens with zero attached hydrogens (tertiary/aromatic N) is 4. The first-order valence-electron chi connectivity index (χ1n) is 9.18. The van der Waals surface area contributed by atoms with Crippen LogP contribution in [0.15, 0.2) is 66.7 Å². The summed E-state index contributed by atoms with van der Waals surface area (Å²) in [6.45, 7) is 6.21. The Balaban J connectivity index is 2.02. The van der Waals surface area contributed by atoms with Crippen molar-refractivity contribution in [3.63, 3.8) is 0 Å². The van der Waals surface area contributed by atoms with Crippen molar-refractivity contribution in [2.45, 2.75) is 20.8 Å². The van der Waals surface area contributed by atoms with Gasteiger partial charge in [0.25, 0.3) is 5.82 Å². The summed E-state index contributed by atoms with van der Waals surface area (Å²) in [6.07, 6.45) is 0. The molecule has 0 saturated heterocycles. The lowest BCUT2D eigenvalue weighted by Crippen LogP contribution is -2.05. The van der Waals surface area contributed by atoms with Gasteiger partial charge in [-0.2, -0.15) is 10.2 Å². The van der Waals surface area contributed by atoms with Gasteiger partial charge in [-0.25, -0.2) is 4.68 Å². The van der Waals surface area contributed by atoms with Gasteiger partial charge in [-0.15, -0.1) is 5.10 Å². The highest BCUT2D eigenvalue weighted by Gasteiger charge is 2.19. The third kappa shape index (κ3) is 3.19. The van der Waals surface area contributed by atoms with E-state index in [9.17, 15) is 5.26 Å². The minimum Gasteiger partial charge on any atom is -0.211 e. The molecule has 0 fully saturated rings. The van der Waals surface area contributed by atoms with E-state index in [2.05, 4.69) is 54.3 Å². The summed E-state index contributed by atoms with van der Waals surface area (Å²) >= 11 is 0. The molecule has 0 spiro atoms. The van der Waals surface area contributed by atoms with Crippen molar-refractivity contribution >= 4 is 0 Å². The standard InChI is InChI=1S/C24H20N4/c1-16-9-11-20(12-10-16)24-26-22(15-25)27-28(24)23-18(3)13-17(2)14-21(23)19-7-5-4-6-8-19/h4-14H,1-3H3. The summed E-state index contributed by atoms with van der Waals surface area (Å²) in [4.78, 5) is 4.49. The molecular weight excluding hydrogens is 344 g/mol. The average molecular weight is 364 g/mol. The zero-order chi connectivity index (χ0) is 19.7. The Morgan fingerprint density at radius 1 is 0.821 bits per heavy atom. The molecule has 0 bridgehead atoms. The second-order valence-corrected chi connectivity index (χ2v) is 6.99. The number of nitriles is 1. The average Bonchev–Trinajstić information content (AvgIpc) is 3.12. The summed E-state index contributed by atoms with van der Waals surface area (Å²) in [5.41, 5.74) is 7.49. The molecule has 0 radical (unpaired) electrons. The molecule has 28 heavy (non-hydrogen) atoms. The third-order valence-corrected chi connectivity index (χ3v) is 4.76. The van der Waals surface area contributed by atoms with E-state index in [0.29, 0.717) is 5.82 Å². The number of aryl methyl sites for hydroxylation is 3.